The Hall–Kier alpha value is -2.21. The van der Waals surface area contributed by atoms with Crippen LogP contribution in [0.4, 0.5) is 18.9 Å². The van der Waals surface area contributed by atoms with Crippen LogP contribution in [-0.2, 0) is 0 Å². The lowest BCUT2D eigenvalue weighted by Gasteiger charge is -2.08. The van der Waals surface area contributed by atoms with E-state index in [1.807, 2.05) is 0 Å². The summed E-state index contributed by atoms with van der Waals surface area (Å²) in [6.07, 6.45) is -3.36. The molecule has 0 fully saturated rings. The van der Waals surface area contributed by atoms with Gasteiger partial charge in [-0.25, -0.2) is 0 Å². The lowest BCUT2D eigenvalue weighted by atomic mass is 10.2. The van der Waals surface area contributed by atoms with Crippen LogP contribution in [0, 0.1) is 0 Å². The zero-order chi connectivity index (χ0) is 15.5. The second-order valence-electron chi connectivity index (χ2n) is 4.00. The zero-order valence-corrected chi connectivity index (χ0v) is 11.2. The van der Waals surface area contributed by atoms with Gasteiger partial charge >= 0.3 is 6.36 Å². The first-order valence-electron chi connectivity index (χ1n) is 5.72. The summed E-state index contributed by atoms with van der Waals surface area (Å²) in [5.41, 5.74) is 0.807. The molecule has 2 aromatic carbocycles. The molecule has 0 heterocycles. The highest BCUT2D eigenvalue weighted by molar-refractivity contribution is 6.30. The molecule has 0 amide bonds. The second-order valence-corrected chi connectivity index (χ2v) is 4.44. The topological polar surface area (TPSA) is 41.8 Å². The highest BCUT2D eigenvalue weighted by Crippen LogP contribution is 2.25. The minimum absolute atomic E-state index is 0.000162. The standard InChI is InChI=1S/C14H9ClF3NO2/c15-10-1-6-13(20)9(7-10)8-19-11-2-4-12(5-3-11)21-14(16,17)18/h1-8,20H. The minimum Gasteiger partial charge on any atom is -0.507 e. The van der Waals surface area contributed by atoms with Crippen molar-refractivity contribution in [2.45, 2.75) is 6.36 Å². The van der Waals surface area contributed by atoms with Crippen LogP contribution in [0.3, 0.4) is 0 Å². The van der Waals surface area contributed by atoms with E-state index in [1.165, 1.54) is 36.5 Å². The van der Waals surface area contributed by atoms with Crippen LogP contribution >= 0.6 is 11.6 Å². The lowest BCUT2D eigenvalue weighted by Crippen LogP contribution is -2.16. The van der Waals surface area contributed by atoms with Crippen LogP contribution < -0.4 is 4.74 Å². The molecular formula is C14H9ClF3NO2. The number of hydrogen-bond donors (Lipinski definition) is 1. The van der Waals surface area contributed by atoms with Gasteiger partial charge in [0.1, 0.15) is 11.5 Å². The van der Waals surface area contributed by atoms with Crippen LogP contribution in [0.1, 0.15) is 5.56 Å². The molecule has 1 N–H and O–H groups in total. The zero-order valence-electron chi connectivity index (χ0n) is 10.4. The number of nitrogens with zero attached hydrogens (tertiary/aromatic N) is 1. The Labute approximate surface area is 123 Å². The molecule has 0 spiro atoms. The summed E-state index contributed by atoms with van der Waals surface area (Å²) in [6, 6.07) is 9.48. The van der Waals surface area contributed by atoms with Gasteiger partial charge in [0, 0.05) is 16.8 Å². The van der Waals surface area contributed by atoms with Crippen molar-refractivity contribution in [1.29, 1.82) is 0 Å². The Morgan fingerprint density at radius 1 is 1.10 bits per heavy atom. The van der Waals surface area contributed by atoms with Gasteiger partial charge in [-0.2, -0.15) is 0 Å². The van der Waals surface area contributed by atoms with Crippen LogP contribution in [0.15, 0.2) is 47.5 Å². The Morgan fingerprint density at radius 2 is 1.76 bits per heavy atom. The molecule has 0 aliphatic heterocycles. The fraction of sp³-hybridized carbons (Fsp3) is 0.0714. The highest BCUT2D eigenvalue weighted by Gasteiger charge is 2.30. The van der Waals surface area contributed by atoms with Crippen LogP contribution in [-0.4, -0.2) is 17.7 Å². The largest absolute Gasteiger partial charge is 0.573 e. The molecule has 0 radical (unpaired) electrons. The molecular weight excluding hydrogens is 307 g/mol. The Balaban J connectivity index is 2.13. The summed E-state index contributed by atoms with van der Waals surface area (Å²) in [5, 5.41) is 10.0. The van der Waals surface area contributed by atoms with Gasteiger partial charge in [0.15, 0.2) is 0 Å². The maximum absolute atomic E-state index is 12.0. The third kappa shape index (κ3) is 4.68. The first-order valence-corrected chi connectivity index (χ1v) is 6.10. The summed E-state index contributed by atoms with van der Waals surface area (Å²) in [4.78, 5) is 4.04. The van der Waals surface area contributed by atoms with Crippen molar-refractivity contribution in [3.8, 4) is 11.5 Å². The molecule has 0 atom stereocenters. The molecule has 21 heavy (non-hydrogen) atoms. The van der Waals surface area contributed by atoms with E-state index in [1.54, 1.807) is 0 Å². The van der Waals surface area contributed by atoms with E-state index in [-0.39, 0.29) is 11.5 Å². The number of rotatable bonds is 3. The van der Waals surface area contributed by atoms with Crippen molar-refractivity contribution in [1.82, 2.24) is 0 Å². The first-order chi connectivity index (χ1) is 9.83. The summed E-state index contributed by atoms with van der Waals surface area (Å²) in [7, 11) is 0. The van der Waals surface area contributed by atoms with Crippen LogP contribution in [0.5, 0.6) is 11.5 Å². The highest BCUT2D eigenvalue weighted by atomic mass is 35.5. The van der Waals surface area contributed by atoms with E-state index in [2.05, 4.69) is 9.73 Å². The molecule has 7 heteroatoms. The van der Waals surface area contributed by atoms with Crippen molar-refractivity contribution >= 4 is 23.5 Å². The maximum Gasteiger partial charge on any atom is 0.573 e. The number of phenolic OH excluding ortho intramolecular Hbond substituents is 1. The quantitative estimate of drug-likeness (QED) is 0.834. The third-order valence-electron chi connectivity index (χ3n) is 2.41. The van der Waals surface area contributed by atoms with Gasteiger partial charge < -0.3 is 9.84 Å². The van der Waals surface area contributed by atoms with Crippen LogP contribution in [0.2, 0.25) is 5.02 Å². The maximum atomic E-state index is 12.0. The fourth-order valence-electron chi connectivity index (χ4n) is 1.51. The number of phenols is 1. The number of aliphatic imine (C=N–C) groups is 1. The summed E-state index contributed by atoms with van der Waals surface area (Å²) < 4.78 is 39.7. The van der Waals surface area contributed by atoms with Gasteiger partial charge in [0.2, 0.25) is 0 Å². The van der Waals surface area contributed by atoms with Gasteiger partial charge in [-0.15, -0.1) is 13.2 Å². The van der Waals surface area contributed by atoms with Gasteiger partial charge in [-0.1, -0.05) is 11.6 Å². The molecule has 110 valence electrons. The molecule has 0 unspecified atom stereocenters. The average molecular weight is 316 g/mol. The number of ether oxygens (including phenoxy) is 1. The molecule has 3 nitrogen and oxygen atoms in total. The average Bonchev–Trinajstić information content (AvgIpc) is 2.40. The van der Waals surface area contributed by atoms with E-state index in [0.29, 0.717) is 16.3 Å². The molecule has 0 aliphatic rings. The van der Waals surface area contributed by atoms with E-state index in [9.17, 15) is 18.3 Å². The van der Waals surface area contributed by atoms with E-state index in [0.717, 1.165) is 12.1 Å². The van der Waals surface area contributed by atoms with Gasteiger partial charge in [0.05, 0.1) is 5.69 Å². The molecule has 2 aromatic rings. The summed E-state index contributed by atoms with van der Waals surface area (Å²) >= 11 is 5.79. The molecule has 2 rings (SSSR count). The fourth-order valence-corrected chi connectivity index (χ4v) is 1.69. The van der Waals surface area contributed by atoms with Crippen molar-refractivity contribution in [3.63, 3.8) is 0 Å². The second kappa shape index (κ2) is 6.05. The summed E-state index contributed by atoms with van der Waals surface area (Å²) in [6.45, 7) is 0. The molecule has 0 saturated carbocycles. The van der Waals surface area contributed by atoms with E-state index >= 15 is 0 Å². The number of halogens is 4. The number of hydrogen-bond acceptors (Lipinski definition) is 3. The molecule has 0 aliphatic carbocycles. The Bertz CT molecular complexity index is 654. The van der Waals surface area contributed by atoms with Gasteiger partial charge in [-0.3, -0.25) is 4.99 Å². The van der Waals surface area contributed by atoms with E-state index in [4.69, 9.17) is 11.6 Å². The number of aromatic hydroxyl groups is 1. The molecule has 0 aromatic heterocycles. The van der Waals surface area contributed by atoms with Crippen molar-refractivity contribution in [3.05, 3.63) is 53.1 Å². The Kier molecular flexibility index (Phi) is 4.37. The van der Waals surface area contributed by atoms with Crippen molar-refractivity contribution in [2.24, 2.45) is 4.99 Å². The Morgan fingerprint density at radius 3 is 2.38 bits per heavy atom. The SMILES string of the molecule is Oc1ccc(Cl)cc1C=Nc1ccc(OC(F)(F)F)cc1. The molecule has 0 bridgehead atoms. The first kappa shape index (κ1) is 15.2. The van der Waals surface area contributed by atoms with E-state index < -0.39 is 6.36 Å². The minimum atomic E-state index is -4.72. The van der Waals surface area contributed by atoms with Gasteiger partial charge in [0.25, 0.3) is 0 Å². The lowest BCUT2D eigenvalue weighted by molar-refractivity contribution is -0.274. The summed E-state index contributed by atoms with van der Waals surface area (Å²) in [5.74, 6) is -0.327. The molecule has 0 saturated heterocycles. The van der Waals surface area contributed by atoms with Gasteiger partial charge in [-0.05, 0) is 42.5 Å². The predicted octanol–water partition coefficient (Wildman–Crippen LogP) is 4.69. The monoisotopic (exact) mass is 315 g/mol. The number of benzene rings is 2. The third-order valence-corrected chi connectivity index (χ3v) is 2.65. The predicted molar refractivity (Wildman–Crippen MR) is 73.5 cm³/mol. The van der Waals surface area contributed by atoms with Crippen molar-refractivity contribution < 1.29 is 23.0 Å². The van der Waals surface area contributed by atoms with Crippen molar-refractivity contribution in [2.75, 3.05) is 0 Å². The normalized spacial score (nSPS) is 11.8. The number of alkyl halides is 3. The smallest absolute Gasteiger partial charge is 0.507 e. The van der Waals surface area contributed by atoms with Crippen LogP contribution in [0.25, 0.3) is 0 Å².